The SMILES string of the molecule is COC(=O)[C@@H](c1ccc(F)cc1)N1CCN(c2nc(-c3cccnc3)nc3ccccc23)CC1. The van der Waals surface area contributed by atoms with Crippen LogP contribution in [0.25, 0.3) is 22.3 Å². The molecule has 1 aliphatic heterocycles. The van der Waals surface area contributed by atoms with Gasteiger partial charge in [0.1, 0.15) is 17.7 Å². The first-order valence-electron chi connectivity index (χ1n) is 11.1. The number of rotatable bonds is 5. The number of hydrogen-bond donors (Lipinski definition) is 0. The third-order valence-electron chi connectivity index (χ3n) is 6.09. The predicted octanol–water partition coefficient (Wildman–Crippen LogP) is 3.87. The van der Waals surface area contributed by atoms with Gasteiger partial charge in [0.05, 0.1) is 12.6 Å². The van der Waals surface area contributed by atoms with Gasteiger partial charge in [-0.05, 0) is 42.0 Å². The van der Waals surface area contributed by atoms with E-state index >= 15 is 0 Å². The van der Waals surface area contributed by atoms with Crippen molar-refractivity contribution >= 4 is 22.7 Å². The molecule has 2 aromatic heterocycles. The van der Waals surface area contributed by atoms with Crippen molar-refractivity contribution in [1.82, 2.24) is 19.9 Å². The van der Waals surface area contributed by atoms with Crippen molar-refractivity contribution in [2.45, 2.75) is 6.04 Å². The minimum atomic E-state index is -0.583. The Balaban J connectivity index is 1.43. The average molecular weight is 458 g/mol. The summed E-state index contributed by atoms with van der Waals surface area (Å²) < 4.78 is 18.5. The van der Waals surface area contributed by atoms with Crippen molar-refractivity contribution in [3.63, 3.8) is 0 Å². The van der Waals surface area contributed by atoms with E-state index in [1.54, 1.807) is 24.5 Å². The summed E-state index contributed by atoms with van der Waals surface area (Å²) in [5.41, 5.74) is 2.44. The fourth-order valence-electron chi connectivity index (χ4n) is 4.37. The number of pyridine rings is 1. The van der Waals surface area contributed by atoms with Crippen LogP contribution in [0.15, 0.2) is 73.1 Å². The van der Waals surface area contributed by atoms with Crippen molar-refractivity contribution < 1.29 is 13.9 Å². The normalized spacial score (nSPS) is 15.3. The van der Waals surface area contributed by atoms with E-state index in [9.17, 15) is 9.18 Å². The number of methoxy groups -OCH3 is 1. The number of carbonyl (C=O) groups is 1. The van der Waals surface area contributed by atoms with Crippen LogP contribution in [0.2, 0.25) is 0 Å². The molecule has 172 valence electrons. The monoisotopic (exact) mass is 457 g/mol. The molecule has 5 rings (SSSR count). The number of aromatic nitrogens is 3. The minimum Gasteiger partial charge on any atom is -0.468 e. The summed E-state index contributed by atoms with van der Waals surface area (Å²) in [4.78, 5) is 30.8. The molecular weight excluding hydrogens is 433 g/mol. The van der Waals surface area contributed by atoms with Gasteiger partial charge in [-0.3, -0.25) is 9.88 Å². The number of anilines is 1. The van der Waals surface area contributed by atoms with Crippen LogP contribution in [0, 0.1) is 5.82 Å². The van der Waals surface area contributed by atoms with E-state index in [1.807, 2.05) is 36.4 Å². The maximum absolute atomic E-state index is 13.4. The maximum atomic E-state index is 13.4. The summed E-state index contributed by atoms with van der Waals surface area (Å²) in [6.45, 7) is 2.58. The largest absolute Gasteiger partial charge is 0.468 e. The second-order valence-corrected chi connectivity index (χ2v) is 8.13. The first kappa shape index (κ1) is 21.9. The summed E-state index contributed by atoms with van der Waals surface area (Å²) in [5.74, 6) is 0.798. The Morgan fingerprint density at radius 2 is 1.74 bits per heavy atom. The topological polar surface area (TPSA) is 71.5 Å². The number of benzene rings is 2. The number of carbonyl (C=O) groups excluding carboxylic acids is 1. The molecule has 0 spiro atoms. The van der Waals surface area contributed by atoms with E-state index in [2.05, 4.69) is 14.8 Å². The summed E-state index contributed by atoms with van der Waals surface area (Å²) in [5, 5.41) is 0.978. The fourth-order valence-corrected chi connectivity index (χ4v) is 4.37. The predicted molar refractivity (Wildman–Crippen MR) is 128 cm³/mol. The fraction of sp³-hybridized carbons (Fsp3) is 0.231. The van der Waals surface area contributed by atoms with Gasteiger partial charge >= 0.3 is 5.97 Å². The van der Waals surface area contributed by atoms with Crippen molar-refractivity contribution in [3.05, 3.63) is 84.4 Å². The van der Waals surface area contributed by atoms with Crippen LogP contribution in [0.4, 0.5) is 10.2 Å². The van der Waals surface area contributed by atoms with Gasteiger partial charge in [-0.2, -0.15) is 0 Å². The molecule has 0 radical (unpaired) electrons. The van der Waals surface area contributed by atoms with Gasteiger partial charge in [0.15, 0.2) is 5.82 Å². The van der Waals surface area contributed by atoms with E-state index in [0.29, 0.717) is 37.6 Å². The highest BCUT2D eigenvalue weighted by Gasteiger charge is 2.32. The van der Waals surface area contributed by atoms with Crippen LogP contribution in [-0.4, -0.2) is 59.1 Å². The summed E-state index contributed by atoms with van der Waals surface area (Å²) in [6.07, 6.45) is 3.49. The average Bonchev–Trinajstić information content (AvgIpc) is 2.90. The standard InChI is InChI=1S/C26H24FN5O2/c1-34-26(33)23(18-8-10-20(27)11-9-18)31-13-15-32(16-14-31)25-21-6-2-3-7-22(21)29-24(30-25)19-5-4-12-28-17-19/h2-12,17,23H,13-16H2,1H3/t23-/m1/s1. The summed E-state index contributed by atoms with van der Waals surface area (Å²) in [7, 11) is 1.38. The second kappa shape index (κ2) is 9.52. The van der Waals surface area contributed by atoms with E-state index in [0.717, 1.165) is 22.3 Å². The Kier molecular flexibility index (Phi) is 6.14. The Morgan fingerprint density at radius 1 is 0.971 bits per heavy atom. The number of piperazine rings is 1. The lowest BCUT2D eigenvalue weighted by atomic mass is 10.0. The zero-order chi connectivity index (χ0) is 23.5. The molecule has 2 aromatic carbocycles. The third-order valence-corrected chi connectivity index (χ3v) is 6.09. The molecule has 1 fully saturated rings. The number of hydrogen-bond acceptors (Lipinski definition) is 7. The molecule has 0 N–H and O–H groups in total. The lowest BCUT2D eigenvalue weighted by Gasteiger charge is -2.39. The van der Waals surface area contributed by atoms with Crippen molar-refractivity contribution in [2.75, 3.05) is 38.2 Å². The number of halogens is 1. The Morgan fingerprint density at radius 3 is 2.44 bits per heavy atom. The lowest BCUT2D eigenvalue weighted by molar-refractivity contribution is -0.147. The Bertz CT molecular complexity index is 1290. The maximum Gasteiger partial charge on any atom is 0.327 e. The van der Waals surface area contributed by atoms with Crippen LogP contribution in [0.1, 0.15) is 11.6 Å². The number of esters is 1. The Hall–Kier alpha value is -3.91. The van der Waals surface area contributed by atoms with Gasteiger partial charge in [0, 0.05) is 49.5 Å². The smallest absolute Gasteiger partial charge is 0.327 e. The van der Waals surface area contributed by atoms with Crippen molar-refractivity contribution in [2.24, 2.45) is 0 Å². The molecule has 8 heteroatoms. The van der Waals surface area contributed by atoms with E-state index in [4.69, 9.17) is 14.7 Å². The van der Waals surface area contributed by atoms with Crippen molar-refractivity contribution in [3.8, 4) is 11.4 Å². The van der Waals surface area contributed by atoms with Crippen LogP contribution < -0.4 is 4.90 Å². The molecule has 3 heterocycles. The molecule has 34 heavy (non-hydrogen) atoms. The molecule has 0 bridgehead atoms. The van der Waals surface area contributed by atoms with E-state index < -0.39 is 6.04 Å². The number of ether oxygens (including phenoxy) is 1. The molecule has 0 amide bonds. The lowest BCUT2D eigenvalue weighted by Crippen LogP contribution is -2.49. The van der Waals surface area contributed by atoms with Crippen LogP contribution >= 0.6 is 0 Å². The molecule has 1 atom stereocenters. The van der Waals surface area contributed by atoms with Crippen molar-refractivity contribution in [1.29, 1.82) is 0 Å². The molecule has 0 unspecified atom stereocenters. The Labute approximate surface area is 196 Å². The minimum absolute atomic E-state index is 0.336. The van der Waals surface area contributed by atoms with Crippen LogP contribution in [-0.2, 0) is 9.53 Å². The zero-order valence-electron chi connectivity index (χ0n) is 18.8. The number of para-hydroxylation sites is 1. The first-order chi connectivity index (χ1) is 16.6. The molecule has 4 aromatic rings. The molecule has 1 saturated heterocycles. The van der Waals surface area contributed by atoms with Gasteiger partial charge in [0.2, 0.25) is 0 Å². The van der Waals surface area contributed by atoms with Crippen LogP contribution in [0.3, 0.4) is 0 Å². The molecule has 7 nitrogen and oxygen atoms in total. The summed E-state index contributed by atoms with van der Waals surface area (Å²) >= 11 is 0. The van der Waals surface area contributed by atoms with Gasteiger partial charge in [-0.15, -0.1) is 0 Å². The van der Waals surface area contributed by atoms with E-state index in [-0.39, 0.29) is 11.8 Å². The number of fused-ring (bicyclic) bond motifs is 1. The highest BCUT2D eigenvalue weighted by molar-refractivity contribution is 5.91. The van der Waals surface area contributed by atoms with Gasteiger partial charge in [-0.1, -0.05) is 24.3 Å². The highest BCUT2D eigenvalue weighted by Crippen LogP contribution is 2.30. The zero-order valence-corrected chi connectivity index (χ0v) is 18.8. The molecule has 1 aliphatic rings. The third kappa shape index (κ3) is 4.32. The first-order valence-corrected chi connectivity index (χ1v) is 11.1. The highest BCUT2D eigenvalue weighted by atomic mass is 19.1. The van der Waals surface area contributed by atoms with Gasteiger partial charge < -0.3 is 9.64 Å². The molecule has 0 aliphatic carbocycles. The van der Waals surface area contributed by atoms with Gasteiger partial charge in [-0.25, -0.2) is 19.2 Å². The molecular formula is C26H24FN5O2. The molecule has 0 saturated carbocycles. The number of nitrogens with zero attached hydrogens (tertiary/aromatic N) is 5. The quantitative estimate of drug-likeness (QED) is 0.422. The van der Waals surface area contributed by atoms with Crippen LogP contribution in [0.5, 0.6) is 0 Å². The summed E-state index contributed by atoms with van der Waals surface area (Å²) in [6, 6.07) is 17.2. The van der Waals surface area contributed by atoms with E-state index in [1.165, 1.54) is 19.2 Å². The van der Waals surface area contributed by atoms with Gasteiger partial charge in [0.25, 0.3) is 0 Å². The second-order valence-electron chi connectivity index (χ2n) is 8.13.